The van der Waals surface area contributed by atoms with E-state index in [1.807, 2.05) is 13.0 Å². The SMILES string of the molecule is C=Cc1cc(C(=O)O)c(-c2ccc(C(=O)NCC3CC3)nc2C)cc1C. The fourth-order valence-corrected chi connectivity index (χ4v) is 2.97. The van der Waals surface area contributed by atoms with Crippen molar-refractivity contribution in [3.8, 4) is 11.1 Å². The number of carboxylic acids is 1. The van der Waals surface area contributed by atoms with E-state index in [4.69, 9.17) is 0 Å². The van der Waals surface area contributed by atoms with Crippen molar-refractivity contribution in [2.24, 2.45) is 5.92 Å². The average molecular weight is 350 g/mol. The Morgan fingerprint density at radius 1 is 1.27 bits per heavy atom. The first-order chi connectivity index (χ1) is 12.4. The van der Waals surface area contributed by atoms with E-state index in [2.05, 4.69) is 16.9 Å². The molecule has 0 unspecified atom stereocenters. The number of aromatic nitrogens is 1. The lowest BCUT2D eigenvalue weighted by molar-refractivity contribution is 0.0697. The monoisotopic (exact) mass is 350 g/mol. The molecule has 0 saturated heterocycles. The number of rotatable bonds is 6. The first-order valence-corrected chi connectivity index (χ1v) is 8.67. The highest BCUT2D eigenvalue weighted by Gasteiger charge is 2.22. The van der Waals surface area contributed by atoms with E-state index in [0.29, 0.717) is 35.0 Å². The summed E-state index contributed by atoms with van der Waals surface area (Å²) in [6, 6.07) is 6.86. The van der Waals surface area contributed by atoms with Crippen molar-refractivity contribution in [3.05, 3.63) is 58.9 Å². The third-order valence-electron chi connectivity index (χ3n) is 4.71. The number of carboxylic acid groups (broad SMARTS) is 1. The number of benzene rings is 1. The van der Waals surface area contributed by atoms with Gasteiger partial charge in [0.2, 0.25) is 0 Å². The van der Waals surface area contributed by atoms with Crippen molar-refractivity contribution >= 4 is 18.0 Å². The Kier molecular flexibility index (Phi) is 4.89. The summed E-state index contributed by atoms with van der Waals surface area (Å²) in [6.07, 6.45) is 3.98. The van der Waals surface area contributed by atoms with Gasteiger partial charge in [0, 0.05) is 17.8 Å². The summed E-state index contributed by atoms with van der Waals surface area (Å²) in [5.74, 6) is -0.597. The fraction of sp³-hybridized carbons (Fsp3) is 0.286. The molecule has 1 aromatic carbocycles. The smallest absolute Gasteiger partial charge is 0.336 e. The summed E-state index contributed by atoms with van der Waals surface area (Å²) < 4.78 is 0. The van der Waals surface area contributed by atoms with Crippen molar-refractivity contribution in [1.29, 1.82) is 0 Å². The van der Waals surface area contributed by atoms with Gasteiger partial charge in [-0.15, -0.1) is 0 Å². The van der Waals surface area contributed by atoms with Gasteiger partial charge in [-0.25, -0.2) is 9.78 Å². The summed E-state index contributed by atoms with van der Waals surface area (Å²) in [7, 11) is 0. The number of nitrogens with one attached hydrogen (secondary N) is 1. The van der Waals surface area contributed by atoms with Crippen LogP contribution in [0.25, 0.3) is 17.2 Å². The minimum absolute atomic E-state index is 0.191. The molecule has 1 amide bonds. The van der Waals surface area contributed by atoms with Crippen molar-refractivity contribution in [1.82, 2.24) is 10.3 Å². The molecular formula is C21H22N2O3. The normalized spacial score (nSPS) is 13.3. The van der Waals surface area contributed by atoms with Crippen molar-refractivity contribution in [2.75, 3.05) is 6.54 Å². The molecule has 1 fully saturated rings. The zero-order chi connectivity index (χ0) is 18.8. The fourth-order valence-electron chi connectivity index (χ4n) is 2.97. The first-order valence-electron chi connectivity index (χ1n) is 8.67. The third kappa shape index (κ3) is 3.67. The second-order valence-corrected chi connectivity index (χ2v) is 6.75. The molecule has 2 N–H and O–H groups in total. The molecule has 3 rings (SSSR count). The number of nitrogens with zero attached hydrogens (tertiary/aromatic N) is 1. The maximum absolute atomic E-state index is 12.2. The van der Waals surface area contributed by atoms with Gasteiger partial charge in [-0.05, 0) is 67.5 Å². The number of carbonyl (C=O) groups excluding carboxylic acids is 1. The van der Waals surface area contributed by atoms with Gasteiger partial charge in [0.25, 0.3) is 5.91 Å². The van der Waals surface area contributed by atoms with E-state index in [9.17, 15) is 14.7 Å². The van der Waals surface area contributed by atoms with Crippen LogP contribution in [0.5, 0.6) is 0 Å². The number of aryl methyl sites for hydroxylation is 2. The third-order valence-corrected chi connectivity index (χ3v) is 4.71. The Morgan fingerprint density at radius 2 is 2.00 bits per heavy atom. The van der Waals surface area contributed by atoms with Gasteiger partial charge < -0.3 is 10.4 Å². The minimum Gasteiger partial charge on any atom is -0.478 e. The van der Waals surface area contributed by atoms with Crippen LogP contribution < -0.4 is 5.32 Å². The quantitative estimate of drug-likeness (QED) is 0.829. The van der Waals surface area contributed by atoms with Gasteiger partial charge >= 0.3 is 5.97 Å². The second-order valence-electron chi connectivity index (χ2n) is 6.75. The number of carbonyl (C=O) groups is 2. The van der Waals surface area contributed by atoms with Gasteiger partial charge in [0.15, 0.2) is 0 Å². The zero-order valence-electron chi connectivity index (χ0n) is 15.0. The number of hydrogen-bond donors (Lipinski definition) is 2. The molecule has 1 heterocycles. The van der Waals surface area contributed by atoms with Crippen molar-refractivity contribution < 1.29 is 14.7 Å². The van der Waals surface area contributed by atoms with Gasteiger partial charge in [-0.3, -0.25) is 4.79 Å². The Hall–Kier alpha value is -2.95. The molecule has 1 aromatic heterocycles. The Balaban J connectivity index is 1.96. The van der Waals surface area contributed by atoms with Gasteiger partial charge in [-0.1, -0.05) is 18.7 Å². The van der Waals surface area contributed by atoms with Crippen LogP contribution >= 0.6 is 0 Å². The van der Waals surface area contributed by atoms with Crippen LogP contribution in [0.15, 0.2) is 30.8 Å². The van der Waals surface area contributed by atoms with Crippen molar-refractivity contribution in [3.63, 3.8) is 0 Å². The second kappa shape index (κ2) is 7.12. The number of amides is 1. The summed E-state index contributed by atoms with van der Waals surface area (Å²) in [5, 5.41) is 12.5. The predicted molar refractivity (Wildman–Crippen MR) is 101 cm³/mol. The molecule has 1 saturated carbocycles. The zero-order valence-corrected chi connectivity index (χ0v) is 15.0. The maximum Gasteiger partial charge on any atom is 0.336 e. The molecule has 134 valence electrons. The highest BCUT2D eigenvalue weighted by atomic mass is 16.4. The van der Waals surface area contributed by atoms with Crippen LogP contribution in [-0.4, -0.2) is 28.5 Å². The Bertz CT molecular complexity index is 898. The molecule has 0 spiro atoms. The molecule has 1 aliphatic rings. The largest absolute Gasteiger partial charge is 0.478 e. The van der Waals surface area contributed by atoms with Gasteiger partial charge in [0.1, 0.15) is 5.69 Å². The molecule has 5 heteroatoms. The summed E-state index contributed by atoms with van der Waals surface area (Å²) in [5.41, 5.74) is 4.19. The number of hydrogen-bond acceptors (Lipinski definition) is 3. The van der Waals surface area contributed by atoms with Crippen LogP contribution in [-0.2, 0) is 0 Å². The van der Waals surface area contributed by atoms with Gasteiger partial charge in [0.05, 0.1) is 5.56 Å². The summed E-state index contributed by atoms with van der Waals surface area (Å²) >= 11 is 0. The molecule has 0 aliphatic heterocycles. The van der Waals surface area contributed by atoms with E-state index in [-0.39, 0.29) is 11.5 Å². The van der Waals surface area contributed by atoms with E-state index in [0.717, 1.165) is 11.1 Å². The molecule has 0 atom stereocenters. The predicted octanol–water partition coefficient (Wildman–Crippen LogP) is 3.85. The van der Waals surface area contributed by atoms with Crippen LogP contribution in [0.3, 0.4) is 0 Å². The van der Waals surface area contributed by atoms with E-state index < -0.39 is 5.97 Å². The average Bonchev–Trinajstić information content (AvgIpc) is 3.43. The number of pyridine rings is 1. The maximum atomic E-state index is 12.2. The molecule has 5 nitrogen and oxygen atoms in total. The minimum atomic E-state index is -1.01. The molecule has 1 aliphatic carbocycles. The van der Waals surface area contributed by atoms with Crippen LogP contribution in [0.2, 0.25) is 0 Å². The Morgan fingerprint density at radius 3 is 2.58 bits per heavy atom. The van der Waals surface area contributed by atoms with Crippen LogP contribution in [0.1, 0.15) is 50.5 Å². The lowest BCUT2D eigenvalue weighted by Gasteiger charge is -2.13. The Labute approximate surface area is 152 Å². The van der Waals surface area contributed by atoms with E-state index in [1.54, 1.807) is 31.2 Å². The summed E-state index contributed by atoms with van der Waals surface area (Å²) in [4.78, 5) is 28.3. The van der Waals surface area contributed by atoms with E-state index in [1.165, 1.54) is 12.8 Å². The highest BCUT2D eigenvalue weighted by Crippen LogP contribution is 2.30. The molecular weight excluding hydrogens is 328 g/mol. The summed E-state index contributed by atoms with van der Waals surface area (Å²) in [6.45, 7) is 8.11. The van der Waals surface area contributed by atoms with Crippen molar-refractivity contribution in [2.45, 2.75) is 26.7 Å². The molecule has 0 radical (unpaired) electrons. The lowest BCUT2D eigenvalue weighted by atomic mass is 9.93. The van der Waals surface area contributed by atoms with Crippen LogP contribution in [0, 0.1) is 19.8 Å². The van der Waals surface area contributed by atoms with Gasteiger partial charge in [-0.2, -0.15) is 0 Å². The first kappa shape index (κ1) is 17.9. The molecule has 0 bridgehead atoms. The molecule has 2 aromatic rings. The standard InChI is InChI=1S/C21H22N2O3/c1-4-15-10-18(21(25)26)17(9-12(15)2)16-7-8-19(23-13(16)3)20(24)22-11-14-5-6-14/h4,7-10,14H,1,5-6,11H2,2-3H3,(H,22,24)(H,25,26). The van der Waals surface area contributed by atoms with E-state index >= 15 is 0 Å². The molecule has 26 heavy (non-hydrogen) atoms. The topological polar surface area (TPSA) is 79.3 Å². The van der Waals surface area contributed by atoms with Crippen LogP contribution in [0.4, 0.5) is 0 Å². The lowest BCUT2D eigenvalue weighted by Crippen LogP contribution is -2.26. The number of aromatic carboxylic acids is 1. The highest BCUT2D eigenvalue weighted by molar-refractivity contribution is 5.98.